The van der Waals surface area contributed by atoms with Gasteiger partial charge in [0.15, 0.2) is 0 Å². The van der Waals surface area contributed by atoms with E-state index < -0.39 is 5.91 Å². The van der Waals surface area contributed by atoms with Gasteiger partial charge in [0.05, 0.1) is 0 Å². The predicted octanol–water partition coefficient (Wildman–Crippen LogP) is 2.20. The van der Waals surface area contributed by atoms with Crippen LogP contribution in [0.5, 0.6) is 0 Å². The summed E-state index contributed by atoms with van der Waals surface area (Å²) in [5, 5.41) is 9.18. The van der Waals surface area contributed by atoms with E-state index in [2.05, 4.69) is 20.8 Å². The van der Waals surface area contributed by atoms with Crippen molar-refractivity contribution >= 4 is 11.8 Å². The lowest BCUT2D eigenvalue weighted by atomic mass is 10.1. The highest BCUT2D eigenvalue weighted by molar-refractivity contribution is 5.94. The molecule has 2 amide bonds. The number of nitrogens with zero attached hydrogens (tertiary/aromatic N) is 2. The third-order valence-corrected chi connectivity index (χ3v) is 3.63. The van der Waals surface area contributed by atoms with Crippen molar-refractivity contribution in [1.82, 2.24) is 20.8 Å². The van der Waals surface area contributed by atoms with E-state index >= 15 is 0 Å². The molecule has 26 heavy (non-hydrogen) atoms. The minimum Gasteiger partial charge on any atom is -0.350 e. The highest BCUT2D eigenvalue weighted by Crippen LogP contribution is 2.16. The summed E-state index contributed by atoms with van der Waals surface area (Å²) >= 11 is 0. The number of carbonyl (C=O) groups excluding carboxylic acids is 2. The van der Waals surface area contributed by atoms with E-state index in [9.17, 15) is 9.59 Å². The van der Waals surface area contributed by atoms with Crippen LogP contribution in [0.3, 0.4) is 0 Å². The number of carbonyl (C=O) groups is 2. The minimum absolute atomic E-state index is 0.115. The van der Waals surface area contributed by atoms with E-state index in [1.54, 1.807) is 24.3 Å². The molecule has 3 rings (SSSR count). The summed E-state index contributed by atoms with van der Waals surface area (Å²) in [5.41, 5.74) is 2.41. The lowest BCUT2D eigenvalue weighted by molar-refractivity contribution is 0.0898. The predicted molar refractivity (Wildman–Crippen MR) is 95.6 cm³/mol. The van der Waals surface area contributed by atoms with Gasteiger partial charge in [-0.3, -0.25) is 9.59 Å². The van der Waals surface area contributed by atoms with Crippen LogP contribution in [-0.4, -0.2) is 35.0 Å². The van der Waals surface area contributed by atoms with Crippen LogP contribution < -0.4 is 10.6 Å². The van der Waals surface area contributed by atoms with Gasteiger partial charge in [-0.15, -0.1) is 0 Å². The summed E-state index contributed by atoms with van der Waals surface area (Å²) in [6.07, 6.45) is 0. The van der Waals surface area contributed by atoms with E-state index in [0.29, 0.717) is 17.9 Å². The molecule has 0 aliphatic rings. The van der Waals surface area contributed by atoms with Crippen molar-refractivity contribution in [2.75, 3.05) is 13.1 Å². The van der Waals surface area contributed by atoms with Crippen LogP contribution in [0.15, 0.2) is 59.1 Å². The molecule has 1 aromatic heterocycles. The second-order valence-corrected chi connectivity index (χ2v) is 5.67. The van der Waals surface area contributed by atoms with Crippen LogP contribution in [0, 0.1) is 6.92 Å². The molecule has 0 spiro atoms. The van der Waals surface area contributed by atoms with Crippen LogP contribution >= 0.6 is 0 Å². The summed E-state index contributed by atoms with van der Waals surface area (Å²) < 4.78 is 5.01. The van der Waals surface area contributed by atoms with Gasteiger partial charge >= 0.3 is 11.8 Å². The molecule has 132 valence electrons. The minimum atomic E-state index is -0.481. The molecule has 7 nitrogen and oxygen atoms in total. The molecule has 2 N–H and O–H groups in total. The van der Waals surface area contributed by atoms with Gasteiger partial charge < -0.3 is 15.2 Å². The molecule has 2 aromatic carbocycles. The molecule has 0 aliphatic heterocycles. The summed E-state index contributed by atoms with van der Waals surface area (Å²) in [7, 11) is 0. The van der Waals surface area contributed by atoms with Crippen LogP contribution in [0.1, 0.15) is 26.6 Å². The van der Waals surface area contributed by atoms with Gasteiger partial charge in [-0.2, -0.15) is 4.98 Å². The summed E-state index contributed by atoms with van der Waals surface area (Å²) in [6, 6.07) is 16.5. The molecule has 3 aromatic rings. The Kier molecular flexibility index (Phi) is 5.38. The highest BCUT2D eigenvalue weighted by atomic mass is 16.5. The Labute approximate surface area is 150 Å². The maximum atomic E-state index is 12.1. The second kappa shape index (κ2) is 8.06. The third kappa shape index (κ3) is 4.32. The standard InChI is InChI=1S/C19H18N4O3/c1-13-6-5-9-15(12-13)16-22-19(26-23-16)18(25)21-11-10-20-17(24)14-7-3-2-4-8-14/h2-9,12H,10-11H2,1H3,(H,20,24)(H,21,25). The van der Waals surface area contributed by atoms with E-state index in [1.807, 2.05) is 37.3 Å². The first-order valence-electron chi connectivity index (χ1n) is 8.15. The molecule has 0 saturated heterocycles. The molecule has 0 aliphatic carbocycles. The Morgan fingerprint density at radius 3 is 2.42 bits per heavy atom. The topological polar surface area (TPSA) is 97.1 Å². The van der Waals surface area contributed by atoms with Crippen molar-refractivity contribution in [3.63, 3.8) is 0 Å². The number of aromatic nitrogens is 2. The maximum absolute atomic E-state index is 12.1. The zero-order valence-electron chi connectivity index (χ0n) is 14.2. The molecule has 0 saturated carbocycles. The number of benzene rings is 2. The Bertz CT molecular complexity index is 906. The van der Waals surface area contributed by atoms with Crippen LogP contribution in [0.25, 0.3) is 11.4 Å². The lowest BCUT2D eigenvalue weighted by Crippen LogP contribution is -2.34. The molecule has 0 fully saturated rings. The van der Waals surface area contributed by atoms with Crippen molar-refractivity contribution in [2.24, 2.45) is 0 Å². The largest absolute Gasteiger partial charge is 0.350 e. The van der Waals surface area contributed by atoms with Crippen molar-refractivity contribution in [3.8, 4) is 11.4 Å². The molecular weight excluding hydrogens is 332 g/mol. The van der Waals surface area contributed by atoms with E-state index in [-0.39, 0.29) is 18.3 Å². The number of amides is 2. The summed E-state index contributed by atoms with van der Waals surface area (Å²) in [5.74, 6) is -0.433. The van der Waals surface area contributed by atoms with Crippen LogP contribution in [0.4, 0.5) is 0 Å². The SMILES string of the molecule is Cc1cccc(-c2noc(C(=O)NCCNC(=O)c3ccccc3)n2)c1. The number of nitrogens with one attached hydrogen (secondary N) is 2. The summed E-state index contributed by atoms with van der Waals surface area (Å²) in [6.45, 7) is 2.50. The number of hydrogen-bond acceptors (Lipinski definition) is 5. The van der Waals surface area contributed by atoms with E-state index in [0.717, 1.165) is 11.1 Å². The molecular formula is C19H18N4O3. The first-order chi connectivity index (χ1) is 12.6. The fraction of sp³-hybridized carbons (Fsp3) is 0.158. The van der Waals surface area contributed by atoms with Gasteiger partial charge in [0.25, 0.3) is 5.91 Å². The van der Waals surface area contributed by atoms with Crippen molar-refractivity contribution < 1.29 is 14.1 Å². The fourth-order valence-electron chi connectivity index (χ4n) is 2.34. The van der Waals surface area contributed by atoms with Crippen molar-refractivity contribution in [1.29, 1.82) is 0 Å². The molecule has 1 heterocycles. The van der Waals surface area contributed by atoms with Crippen LogP contribution in [-0.2, 0) is 0 Å². The maximum Gasteiger partial charge on any atom is 0.316 e. The van der Waals surface area contributed by atoms with Gasteiger partial charge in [-0.05, 0) is 25.1 Å². The molecule has 0 unspecified atom stereocenters. The number of aryl methyl sites for hydroxylation is 1. The average Bonchev–Trinajstić information content (AvgIpc) is 3.16. The highest BCUT2D eigenvalue weighted by Gasteiger charge is 2.15. The smallest absolute Gasteiger partial charge is 0.316 e. The Morgan fingerprint density at radius 2 is 1.69 bits per heavy atom. The molecule has 0 atom stereocenters. The quantitative estimate of drug-likeness (QED) is 0.664. The van der Waals surface area contributed by atoms with Gasteiger partial charge in [-0.1, -0.05) is 47.1 Å². The Morgan fingerprint density at radius 1 is 0.962 bits per heavy atom. The lowest BCUT2D eigenvalue weighted by Gasteiger charge is -2.05. The second-order valence-electron chi connectivity index (χ2n) is 5.67. The van der Waals surface area contributed by atoms with Gasteiger partial charge in [0, 0.05) is 24.2 Å². The van der Waals surface area contributed by atoms with Gasteiger partial charge in [0.1, 0.15) is 0 Å². The van der Waals surface area contributed by atoms with E-state index in [4.69, 9.17) is 4.52 Å². The Balaban J connectivity index is 1.49. The monoisotopic (exact) mass is 350 g/mol. The zero-order valence-corrected chi connectivity index (χ0v) is 14.2. The van der Waals surface area contributed by atoms with E-state index in [1.165, 1.54) is 0 Å². The first kappa shape index (κ1) is 17.3. The van der Waals surface area contributed by atoms with Crippen LogP contribution in [0.2, 0.25) is 0 Å². The van der Waals surface area contributed by atoms with Gasteiger partial charge in [0.2, 0.25) is 5.82 Å². The molecule has 7 heteroatoms. The fourth-order valence-corrected chi connectivity index (χ4v) is 2.34. The summed E-state index contributed by atoms with van der Waals surface area (Å²) in [4.78, 5) is 28.0. The zero-order chi connectivity index (χ0) is 18.4. The average molecular weight is 350 g/mol. The number of rotatable bonds is 6. The first-order valence-corrected chi connectivity index (χ1v) is 8.15. The molecule has 0 bridgehead atoms. The van der Waals surface area contributed by atoms with Crippen molar-refractivity contribution in [3.05, 3.63) is 71.6 Å². The third-order valence-electron chi connectivity index (χ3n) is 3.63. The normalized spacial score (nSPS) is 10.3. The van der Waals surface area contributed by atoms with Gasteiger partial charge in [-0.25, -0.2) is 0 Å². The molecule has 0 radical (unpaired) electrons. The Hall–Kier alpha value is -3.48. The number of hydrogen-bond donors (Lipinski definition) is 2. The van der Waals surface area contributed by atoms with Crippen molar-refractivity contribution in [2.45, 2.75) is 6.92 Å².